The third kappa shape index (κ3) is 10.1. The molecule has 0 radical (unpaired) electrons. The number of hydrogen-bond acceptors (Lipinski definition) is 0. The van der Waals surface area contributed by atoms with Crippen LogP contribution in [0.3, 0.4) is 0 Å². The highest BCUT2D eigenvalue weighted by atomic mass is 14.0. The maximum Gasteiger partial charge on any atom is -0.0533 e. The Labute approximate surface area is 107 Å². The maximum atomic E-state index is 2.00. The smallest absolute Gasteiger partial charge is 0.0533 e. The average Bonchev–Trinajstić information content (AvgIpc) is 3.03. The summed E-state index contributed by atoms with van der Waals surface area (Å²) in [5, 5.41) is 0. The first-order valence-electron chi connectivity index (χ1n) is 7.50. The van der Waals surface area contributed by atoms with E-state index in [1.54, 1.807) is 0 Å². The molecule has 96 valence electrons. The van der Waals surface area contributed by atoms with Gasteiger partial charge in [-0.05, 0) is 0 Å². The Morgan fingerprint density at radius 2 is 0.353 bits per heavy atom. The zero-order valence-corrected chi connectivity index (χ0v) is 11.2. The molecule has 2 aliphatic carbocycles. The number of benzene rings is 1. The molecule has 2 fully saturated rings. The molecule has 0 bridgehead atoms. The minimum atomic E-state index is 1.50. The lowest BCUT2D eigenvalue weighted by molar-refractivity contribution is 0.504. The van der Waals surface area contributed by atoms with Crippen molar-refractivity contribution in [3.63, 3.8) is 0 Å². The summed E-state index contributed by atoms with van der Waals surface area (Å²) >= 11 is 0. The van der Waals surface area contributed by atoms with E-state index in [4.69, 9.17) is 0 Å². The van der Waals surface area contributed by atoms with Gasteiger partial charge in [0.2, 0.25) is 0 Å². The lowest BCUT2D eigenvalue weighted by atomic mass is 10.0. The van der Waals surface area contributed by atoms with E-state index in [-0.39, 0.29) is 0 Å². The van der Waals surface area contributed by atoms with Crippen molar-refractivity contribution >= 4 is 0 Å². The van der Waals surface area contributed by atoms with E-state index in [1.807, 2.05) is 36.4 Å². The molecule has 0 aliphatic heterocycles. The van der Waals surface area contributed by atoms with E-state index >= 15 is 0 Å². The molecular weight excluding hydrogens is 204 g/mol. The molecule has 0 atom stereocenters. The van der Waals surface area contributed by atoms with Crippen molar-refractivity contribution in [2.24, 2.45) is 0 Å². The summed E-state index contributed by atoms with van der Waals surface area (Å²) in [6, 6.07) is 12.0. The highest BCUT2D eigenvalue weighted by Crippen LogP contribution is 2.15. The molecule has 3 rings (SSSR count). The van der Waals surface area contributed by atoms with Gasteiger partial charge in [-0.2, -0.15) is 0 Å². The van der Waals surface area contributed by atoms with E-state index in [0.717, 1.165) is 0 Å². The SMILES string of the molecule is C1CCCC1.C1CCCCC1.c1ccccc1. The van der Waals surface area contributed by atoms with Crippen LogP contribution in [0.15, 0.2) is 36.4 Å². The quantitative estimate of drug-likeness (QED) is 0.516. The van der Waals surface area contributed by atoms with Gasteiger partial charge in [-0.3, -0.25) is 0 Å². The molecule has 2 saturated carbocycles. The van der Waals surface area contributed by atoms with Gasteiger partial charge >= 0.3 is 0 Å². The molecule has 2 aliphatic rings. The van der Waals surface area contributed by atoms with Crippen LogP contribution in [0.2, 0.25) is 0 Å². The van der Waals surface area contributed by atoms with Crippen LogP contribution in [0.1, 0.15) is 70.6 Å². The van der Waals surface area contributed by atoms with Gasteiger partial charge in [-0.25, -0.2) is 0 Å². The van der Waals surface area contributed by atoms with Gasteiger partial charge in [0.15, 0.2) is 0 Å². The normalized spacial score (nSPS) is 18.4. The van der Waals surface area contributed by atoms with Gasteiger partial charge in [0.05, 0.1) is 0 Å². The van der Waals surface area contributed by atoms with Crippen molar-refractivity contribution in [2.75, 3.05) is 0 Å². The Kier molecular flexibility index (Phi) is 9.83. The molecule has 0 amide bonds. The van der Waals surface area contributed by atoms with E-state index in [9.17, 15) is 0 Å². The van der Waals surface area contributed by atoms with Crippen LogP contribution in [0.25, 0.3) is 0 Å². The molecular formula is C17H28. The standard InChI is InChI=1S/C6H12.C6H6.C5H10/c2*1-2-4-6-5-3-1;1-2-4-5-3-1/h1-6H2;1-6H;1-5H2. The number of rotatable bonds is 0. The minimum Gasteiger partial charge on any atom is -0.0623 e. The van der Waals surface area contributed by atoms with Gasteiger partial charge in [0.1, 0.15) is 0 Å². The number of hydrogen-bond donors (Lipinski definition) is 0. The summed E-state index contributed by atoms with van der Waals surface area (Å²) in [6.45, 7) is 0. The van der Waals surface area contributed by atoms with Crippen molar-refractivity contribution < 1.29 is 0 Å². The Bertz CT molecular complexity index is 173. The van der Waals surface area contributed by atoms with Crippen molar-refractivity contribution in [3.05, 3.63) is 36.4 Å². The summed E-state index contributed by atoms with van der Waals surface area (Å²) in [4.78, 5) is 0. The molecule has 1 aromatic carbocycles. The Balaban J connectivity index is 0.000000128. The van der Waals surface area contributed by atoms with Gasteiger partial charge in [0, 0.05) is 0 Å². The van der Waals surface area contributed by atoms with Gasteiger partial charge < -0.3 is 0 Å². The third-order valence-corrected chi connectivity index (χ3v) is 3.42. The second-order valence-corrected chi connectivity index (χ2v) is 5.04. The molecule has 0 saturated heterocycles. The molecule has 0 unspecified atom stereocenters. The molecule has 0 N–H and O–H groups in total. The third-order valence-electron chi connectivity index (χ3n) is 3.42. The van der Waals surface area contributed by atoms with Crippen molar-refractivity contribution in [1.29, 1.82) is 0 Å². The predicted molar refractivity (Wildman–Crippen MR) is 77.2 cm³/mol. The lowest BCUT2D eigenvalue weighted by Gasteiger charge is -2.05. The Hall–Kier alpha value is -0.780. The summed E-state index contributed by atoms with van der Waals surface area (Å²) in [5.74, 6) is 0. The van der Waals surface area contributed by atoms with Crippen LogP contribution in [0.4, 0.5) is 0 Å². The fourth-order valence-corrected chi connectivity index (χ4v) is 2.33. The maximum absolute atomic E-state index is 2.00. The highest BCUT2D eigenvalue weighted by Gasteiger charge is 1.95. The largest absolute Gasteiger partial charge is 0.0623 e. The zero-order chi connectivity index (χ0) is 12.0. The molecule has 1 aromatic rings. The predicted octanol–water partition coefficient (Wildman–Crippen LogP) is 5.98. The van der Waals surface area contributed by atoms with Crippen molar-refractivity contribution in [3.8, 4) is 0 Å². The van der Waals surface area contributed by atoms with E-state index in [0.29, 0.717) is 0 Å². The molecule has 0 nitrogen and oxygen atoms in total. The van der Waals surface area contributed by atoms with Crippen LogP contribution in [-0.2, 0) is 0 Å². The first-order valence-corrected chi connectivity index (χ1v) is 7.50. The highest BCUT2D eigenvalue weighted by molar-refractivity contribution is 4.99. The monoisotopic (exact) mass is 232 g/mol. The summed E-state index contributed by atoms with van der Waals surface area (Å²) in [6.07, 6.45) is 16.5. The van der Waals surface area contributed by atoms with Gasteiger partial charge in [0.25, 0.3) is 0 Å². The van der Waals surface area contributed by atoms with Crippen LogP contribution >= 0.6 is 0 Å². The molecule has 0 heteroatoms. The topological polar surface area (TPSA) is 0 Å². The van der Waals surface area contributed by atoms with Crippen LogP contribution in [0, 0.1) is 0 Å². The lowest BCUT2D eigenvalue weighted by Crippen LogP contribution is -1.85. The van der Waals surface area contributed by atoms with Crippen molar-refractivity contribution in [2.45, 2.75) is 70.6 Å². The van der Waals surface area contributed by atoms with E-state index in [2.05, 4.69) is 0 Å². The second kappa shape index (κ2) is 11.7. The van der Waals surface area contributed by atoms with Crippen LogP contribution < -0.4 is 0 Å². The first-order chi connectivity index (χ1) is 8.50. The van der Waals surface area contributed by atoms with E-state index < -0.39 is 0 Å². The van der Waals surface area contributed by atoms with Crippen LogP contribution in [-0.4, -0.2) is 0 Å². The van der Waals surface area contributed by atoms with Gasteiger partial charge in [-0.1, -0.05) is 107 Å². The Morgan fingerprint density at radius 1 is 0.235 bits per heavy atom. The Morgan fingerprint density at radius 3 is 0.471 bits per heavy atom. The fourth-order valence-electron chi connectivity index (χ4n) is 2.33. The van der Waals surface area contributed by atoms with Gasteiger partial charge in [-0.15, -0.1) is 0 Å². The minimum absolute atomic E-state index is 1.50. The first kappa shape index (κ1) is 14.3. The molecule has 0 aromatic heterocycles. The van der Waals surface area contributed by atoms with E-state index in [1.165, 1.54) is 70.6 Å². The second-order valence-electron chi connectivity index (χ2n) is 5.04. The molecule has 0 heterocycles. The fraction of sp³-hybridized carbons (Fsp3) is 0.647. The van der Waals surface area contributed by atoms with Crippen LogP contribution in [0.5, 0.6) is 0 Å². The molecule has 17 heavy (non-hydrogen) atoms. The summed E-state index contributed by atoms with van der Waals surface area (Å²) < 4.78 is 0. The molecule has 0 spiro atoms. The summed E-state index contributed by atoms with van der Waals surface area (Å²) in [7, 11) is 0. The van der Waals surface area contributed by atoms with Crippen molar-refractivity contribution in [1.82, 2.24) is 0 Å². The summed E-state index contributed by atoms with van der Waals surface area (Å²) in [5.41, 5.74) is 0. The average molecular weight is 232 g/mol. The zero-order valence-electron chi connectivity index (χ0n) is 11.2.